The fraction of sp³-hybridized carbons (Fsp3) is 0.400. The van der Waals surface area contributed by atoms with E-state index >= 15 is 0 Å². The summed E-state index contributed by atoms with van der Waals surface area (Å²) in [5.74, 6) is 4.71. The molecule has 0 aliphatic rings. The van der Waals surface area contributed by atoms with E-state index in [9.17, 15) is 4.79 Å². The molecule has 5 N–H and O–H groups in total. The number of nitrogens with two attached hydrogens (primary N) is 2. The predicted octanol–water partition coefficient (Wildman–Crippen LogP) is -0.409. The molecular weight excluding hydrogens is 210 g/mol. The Morgan fingerprint density at radius 2 is 2.38 bits per heavy atom. The SMILES string of the molecule is CC(Sc1nnc(N)s1)C(=O)NN. The van der Waals surface area contributed by atoms with Gasteiger partial charge in [0.1, 0.15) is 0 Å². The molecule has 72 valence electrons. The highest BCUT2D eigenvalue weighted by atomic mass is 32.2. The zero-order chi connectivity index (χ0) is 9.84. The first-order chi connectivity index (χ1) is 6.13. The summed E-state index contributed by atoms with van der Waals surface area (Å²) in [4.78, 5) is 11.0. The van der Waals surface area contributed by atoms with Crippen molar-refractivity contribution in [2.24, 2.45) is 5.84 Å². The minimum Gasteiger partial charge on any atom is -0.374 e. The molecule has 0 spiro atoms. The number of amides is 1. The number of hydrogen-bond acceptors (Lipinski definition) is 7. The van der Waals surface area contributed by atoms with E-state index in [0.29, 0.717) is 9.47 Å². The van der Waals surface area contributed by atoms with Crippen LogP contribution in [0.15, 0.2) is 4.34 Å². The molecule has 1 atom stereocenters. The number of nitrogen functional groups attached to an aromatic ring is 1. The number of carbonyl (C=O) groups is 1. The number of aromatic nitrogens is 2. The first kappa shape index (κ1) is 10.2. The van der Waals surface area contributed by atoms with Crippen LogP contribution >= 0.6 is 23.1 Å². The fourth-order valence-electron chi connectivity index (χ4n) is 0.590. The molecule has 0 bridgehead atoms. The lowest BCUT2D eigenvalue weighted by molar-refractivity contribution is -0.120. The highest BCUT2D eigenvalue weighted by Crippen LogP contribution is 2.27. The van der Waals surface area contributed by atoms with Crippen LogP contribution < -0.4 is 17.0 Å². The number of hydrogen-bond donors (Lipinski definition) is 3. The molecule has 1 heterocycles. The van der Waals surface area contributed by atoms with Crippen molar-refractivity contribution in [1.29, 1.82) is 0 Å². The van der Waals surface area contributed by atoms with Gasteiger partial charge in [-0.15, -0.1) is 10.2 Å². The maximum Gasteiger partial charge on any atom is 0.247 e. The molecule has 6 nitrogen and oxygen atoms in total. The van der Waals surface area contributed by atoms with E-state index in [-0.39, 0.29) is 11.2 Å². The average molecular weight is 219 g/mol. The van der Waals surface area contributed by atoms with Gasteiger partial charge in [0.05, 0.1) is 5.25 Å². The van der Waals surface area contributed by atoms with E-state index in [1.165, 1.54) is 23.1 Å². The average Bonchev–Trinajstić information content (AvgIpc) is 2.49. The maximum absolute atomic E-state index is 11.0. The number of nitrogens with one attached hydrogen (secondary N) is 1. The summed E-state index contributed by atoms with van der Waals surface area (Å²) >= 11 is 2.51. The summed E-state index contributed by atoms with van der Waals surface area (Å²) in [6.07, 6.45) is 0. The molecule has 1 aromatic heterocycles. The van der Waals surface area contributed by atoms with Gasteiger partial charge < -0.3 is 5.73 Å². The van der Waals surface area contributed by atoms with Crippen molar-refractivity contribution in [3.8, 4) is 0 Å². The predicted molar refractivity (Wildman–Crippen MR) is 52.0 cm³/mol. The van der Waals surface area contributed by atoms with Gasteiger partial charge in [0, 0.05) is 0 Å². The maximum atomic E-state index is 11.0. The van der Waals surface area contributed by atoms with Crippen LogP contribution in [0.1, 0.15) is 6.92 Å². The van der Waals surface area contributed by atoms with E-state index in [1.807, 2.05) is 0 Å². The van der Waals surface area contributed by atoms with Crippen molar-refractivity contribution in [3.05, 3.63) is 0 Å². The zero-order valence-corrected chi connectivity index (χ0v) is 8.48. The Morgan fingerprint density at radius 1 is 1.69 bits per heavy atom. The molecule has 0 aliphatic heterocycles. The molecule has 1 amide bonds. The lowest BCUT2D eigenvalue weighted by atomic mass is 10.5. The third kappa shape index (κ3) is 2.83. The van der Waals surface area contributed by atoms with Gasteiger partial charge in [0.2, 0.25) is 11.0 Å². The Kier molecular flexibility index (Phi) is 3.46. The lowest BCUT2D eigenvalue weighted by Crippen LogP contribution is -2.36. The van der Waals surface area contributed by atoms with Gasteiger partial charge in [-0.25, -0.2) is 5.84 Å². The van der Waals surface area contributed by atoms with Crippen LogP contribution in [0.3, 0.4) is 0 Å². The molecule has 0 aliphatic carbocycles. The molecule has 0 saturated heterocycles. The summed E-state index contributed by atoms with van der Waals surface area (Å²) in [6.45, 7) is 1.73. The monoisotopic (exact) mass is 219 g/mol. The highest BCUT2D eigenvalue weighted by Gasteiger charge is 2.15. The van der Waals surface area contributed by atoms with Gasteiger partial charge >= 0.3 is 0 Å². The second-order valence-corrected chi connectivity index (χ2v) is 4.77. The summed E-state index contributed by atoms with van der Waals surface area (Å²) in [7, 11) is 0. The molecule has 0 saturated carbocycles. The van der Waals surface area contributed by atoms with Crippen LogP contribution in [0, 0.1) is 0 Å². The van der Waals surface area contributed by atoms with Crippen molar-refractivity contribution in [2.75, 3.05) is 5.73 Å². The quantitative estimate of drug-likeness (QED) is 0.276. The first-order valence-corrected chi connectivity index (χ1v) is 5.09. The Hall–Kier alpha value is -0.860. The van der Waals surface area contributed by atoms with Crippen molar-refractivity contribution < 1.29 is 4.79 Å². The summed E-state index contributed by atoms with van der Waals surface area (Å²) in [5, 5.41) is 7.47. The Labute approximate surface area is 83.1 Å². The van der Waals surface area contributed by atoms with E-state index in [4.69, 9.17) is 11.6 Å². The standard InChI is InChI=1S/C5H9N5OS2/c1-2(3(11)8-7)12-5-10-9-4(6)13-5/h2H,7H2,1H3,(H2,6,9)(H,8,11). The Morgan fingerprint density at radius 3 is 2.85 bits per heavy atom. The molecular formula is C5H9N5OS2. The third-order valence-electron chi connectivity index (χ3n) is 1.21. The summed E-state index contributed by atoms with van der Waals surface area (Å²) in [5.41, 5.74) is 7.43. The third-order valence-corrected chi connectivity index (χ3v) is 3.15. The second kappa shape index (κ2) is 4.40. The summed E-state index contributed by atoms with van der Waals surface area (Å²) in [6, 6.07) is 0. The Balaban J connectivity index is 2.54. The minimum atomic E-state index is -0.294. The number of hydrazine groups is 1. The van der Waals surface area contributed by atoms with Crippen LogP contribution in [0.2, 0.25) is 0 Å². The van der Waals surface area contributed by atoms with Crippen molar-refractivity contribution in [3.63, 3.8) is 0 Å². The van der Waals surface area contributed by atoms with Crippen molar-refractivity contribution in [2.45, 2.75) is 16.5 Å². The molecule has 13 heavy (non-hydrogen) atoms. The van der Waals surface area contributed by atoms with E-state index in [2.05, 4.69) is 15.6 Å². The van der Waals surface area contributed by atoms with Crippen LogP contribution in [0.5, 0.6) is 0 Å². The van der Waals surface area contributed by atoms with Gasteiger partial charge in [-0.2, -0.15) is 0 Å². The Bertz CT molecular complexity index is 301. The normalized spacial score (nSPS) is 12.5. The number of rotatable bonds is 3. The number of anilines is 1. The number of thioether (sulfide) groups is 1. The first-order valence-electron chi connectivity index (χ1n) is 3.39. The van der Waals surface area contributed by atoms with Gasteiger partial charge in [0.25, 0.3) is 0 Å². The lowest BCUT2D eigenvalue weighted by Gasteiger charge is -2.05. The van der Waals surface area contributed by atoms with Crippen LogP contribution in [-0.2, 0) is 4.79 Å². The highest BCUT2D eigenvalue weighted by molar-refractivity contribution is 8.02. The minimum absolute atomic E-state index is 0.251. The van der Waals surface area contributed by atoms with Gasteiger partial charge in [0.15, 0.2) is 4.34 Å². The van der Waals surface area contributed by atoms with Crippen molar-refractivity contribution >= 4 is 34.1 Å². The summed E-state index contributed by atoms with van der Waals surface area (Å²) < 4.78 is 0.661. The van der Waals surface area contributed by atoms with Crippen LogP contribution in [-0.4, -0.2) is 21.4 Å². The molecule has 1 rings (SSSR count). The molecule has 1 unspecified atom stereocenters. The molecule has 8 heteroatoms. The van der Waals surface area contributed by atoms with E-state index in [1.54, 1.807) is 6.92 Å². The van der Waals surface area contributed by atoms with E-state index in [0.717, 1.165) is 0 Å². The van der Waals surface area contributed by atoms with Crippen molar-refractivity contribution in [1.82, 2.24) is 15.6 Å². The largest absolute Gasteiger partial charge is 0.374 e. The van der Waals surface area contributed by atoms with Crippen LogP contribution in [0.4, 0.5) is 5.13 Å². The number of carbonyl (C=O) groups excluding carboxylic acids is 1. The van der Waals surface area contributed by atoms with Gasteiger partial charge in [-0.3, -0.25) is 10.2 Å². The van der Waals surface area contributed by atoms with Crippen LogP contribution in [0.25, 0.3) is 0 Å². The smallest absolute Gasteiger partial charge is 0.247 e. The molecule has 0 fully saturated rings. The zero-order valence-electron chi connectivity index (χ0n) is 6.85. The molecule has 1 aromatic rings. The van der Waals surface area contributed by atoms with E-state index < -0.39 is 0 Å². The topological polar surface area (TPSA) is 107 Å². The molecule has 0 aromatic carbocycles. The number of nitrogens with zero attached hydrogens (tertiary/aromatic N) is 2. The molecule has 0 radical (unpaired) electrons. The second-order valence-electron chi connectivity index (χ2n) is 2.17. The van der Waals surface area contributed by atoms with Gasteiger partial charge in [-0.05, 0) is 6.92 Å². The fourth-order valence-corrected chi connectivity index (χ4v) is 2.38. The van der Waals surface area contributed by atoms with Gasteiger partial charge in [-0.1, -0.05) is 23.1 Å².